The molecule has 1 heterocycles. The normalized spacial score (nSPS) is 19.3. The Bertz CT molecular complexity index is 281. The highest BCUT2D eigenvalue weighted by Crippen LogP contribution is 2.18. The van der Waals surface area contributed by atoms with Gasteiger partial charge in [0.1, 0.15) is 0 Å². The average molecular weight is 255 g/mol. The summed E-state index contributed by atoms with van der Waals surface area (Å²) in [6, 6.07) is 0.705. The largest absolute Gasteiger partial charge is 0.341 e. The smallest absolute Gasteiger partial charge is 0.242 e. The second-order valence-electron chi connectivity index (χ2n) is 6.37. The molecule has 0 aliphatic carbocycles. The van der Waals surface area contributed by atoms with Gasteiger partial charge in [-0.3, -0.25) is 4.79 Å². The van der Waals surface area contributed by atoms with Crippen molar-refractivity contribution in [2.75, 3.05) is 27.2 Å². The fourth-order valence-electron chi connectivity index (χ4n) is 2.77. The average Bonchev–Trinajstić information content (AvgIpc) is 2.26. The third kappa shape index (κ3) is 3.95. The number of amides is 1. The molecule has 0 aromatic carbocycles. The zero-order valence-electron chi connectivity index (χ0n) is 12.8. The first-order valence-electron chi connectivity index (χ1n) is 6.97. The Hall–Kier alpha value is -0.610. The maximum absolute atomic E-state index is 12.5. The Kier molecular flexibility index (Phi) is 5.17. The number of carbonyl (C=O) groups excluding carboxylic acids is 1. The number of hydrogen-bond acceptors (Lipinski definition) is 3. The first-order chi connectivity index (χ1) is 8.24. The standard InChI is InChI=1S/C14H29N3O/c1-11(2)15-14(3,4)13(18)17(6)12-7-9-16(5)10-8-12/h11-12,15H,7-10H2,1-6H3. The molecule has 0 unspecified atom stereocenters. The summed E-state index contributed by atoms with van der Waals surface area (Å²) in [6.07, 6.45) is 2.16. The van der Waals surface area contributed by atoms with Crippen LogP contribution in [0.25, 0.3) is 0 Å². The van der Waals surface area contributed by atoms with Crippen LogP contribution in [0.15, 0.2) is 0 Å². The second-order valence-corrected chi connectivity index (χ2v) is 6.37. The number of nitrogens with one attached hydrogen (secondary N) is 1. The zero-order chi connectivity index (χ0) is 13.9. The molecule has 4 nitrogen and oxygen atoms in total. The van der Waals surface area contributed by atoms with Crippen LogP contribution in [-0.2, 0) is 4.79 Å². The summed E-state index contributed by atoms with van der Waals surface area (Å²) in [6.45, 7) is 10.3. The van der Waals surface area contributed by atoms with Crippen molar-refractivity contribution in [3.63, 3.8) is 0 Å². The number of carbonyl (C=O) groups is 1. The lowest BCUT2D eigenvalue weighted by atomic mass is 9.98. The van der Waals surface area contributed by atoms with Crippen molar-refractivity contribution in [2.24, 2.45) is 0 Å². The summed E-state index contributed by atoms with van der Waals surface area (Å²) >= 11 is 0. The second kappa shape index (κ2) is 6.02. The van der Waals surface area contributed by atoms with E-state index in [0.29, 0.717) is 12.1 Å². The van der Waals surface area contributed by atoms with Crippen LogP contribution in [-0.4, -0.2) is 60.5 Å². The molecule has 4 heteroatoms. The Labute approximate surface area is 112 Å². The van der Waals surface area contributed by atoms with E-state index in [1.807, 2.05) is 25.8 Å². The molecule has 18 heavy (non-hydrogen) atoms. The van der Waals surface area contributed by atoms with E-state index in [1.54, 1.807) is 0 Å². The minimum absolute atomic E-state index is 0.200. The molecule has 1 aliphatic rings. The van der Waals surface area contributed by atoms with Crippen molar-refractivity contribution in [1.29, 1.82) is 0 Å². The van der Waals surface area contributed by atoms with E-state index in [0.717, 1.165) is 25.9 Å². The van der Waals surface area contributed by atoms with Gasteiger partial charge in [-0.15, -0.1) is 0 Å². The van der Waals surface area contributed by atoms with E-state index >= 15 is 0 Å². The Morgan fingerprint density at radius 2 is 1.83 bits per heavy atom. The molecule has 1 amide bonds. The summed E-state index contributed by atoms with van der Waals surface area (Å²) in [5.41, 5.74) is -0.480. The minimum Gasteiger partial charge on any atom is -0.341 e. The highest BCUT2D eigenvalue weighted by atomic mass is 16.2. The maximum atomic E-state index is 12.5. The van der Waals surface area contributed by atoms with Gasteiger partial charge in [0.25, 0.3) is 0 Å². The molecule has 106 valence electrons. The van der Waals surface area contributed by atoms with Crippen molar-refractivity contribution in [2.45, 2.75) is 58.2 Å². The van der Waals surface area contributed by atoms with Crippen LogP contribution < -0.4 is 5.32 Å². The van der Waals surface area contributed by atoms with Gasteiger partial charge in [-0.25, -0.2) is 0 Å². The predicted octanol–water partition coefficient (Wildman–Crippen LogP) is 1.32. The highest BCUT2D eigenvalue weighted by Gasteiger charge is 2.34. The molecular formula is C14H29N3O. The van der Waals surface area contributed by atoms with Gasteiger partial charge in [-0.05, 0) is 60.7 Å². The van der Waals surface area contributed by atoms with Crippen LogP contribution in [0.4, 0.5) is 0 Å². The Balaban J connectivity index is 2.60. The third-order valence-corrected chi connectivity index (χ3v) is 3.74. The monoisotopic (exact) mass is 255 g/mol. The molecule has 1 saturated heterocycles. The van der Waals surface area contributed by atoms with Crippen molar-refractivity contribution < 1.29 is 4.79 Å². The molecule has 0 bridgehead atoms. The molecule has 0 spiro atoms. The van der Waals surface area contributed by atoms with E-state index in [1.165, 1.54) is 0 Å². The summed E-state index contributed by atoms with van der Waals surface area (Å²) in [5.74, 6) is 0.200. The molecule has 0 atom stereocenters. The summed E-state index contributed by atoms with van der Waals surface area (Å²) in [5, 5.41) is 3.35. The molecule has 0 radical (unpaired) electrons. The molecular weight excluding hydrogens is 226 g/mol. The maximum Gasteiger partial charge on any atom is 0.242 e. The zero-order valence-corrected chi connectivity index (χ0v) is 12.8. The lowest BCUT2D eigenvalue weighted by Gasteiger charge is -2.39. The highest BCUT2D eigenvalue weighted by molar-refractivity contribution is 5.85. The fraction of sp³-hybridized carbons (Fsp3) is 0.929. The predicted molar refractivity (Wildman–Crippen MR) is 75.6 cm³/mol. The first kappa shape index (κ1) is 15.4. The number of piperidine rings is 1. The van der Waals surface area contributed by atoms with Crippen LogP contribution in [0.5, 0.6) is 0 Å². The summed E-state index contributed by atoms with van der Waals surface area (Å²) in [7, 11) is 4.09. The van der Waals surface area contributed by atoms with Gasteiger partial charge < -0.3 is 15.1 Å². The third-order valence-electron chi connectivity index (χ3n) is 3.74. The molecule has 0 aromatic rings. The Morgan fingerprint density at radius 3 is 2.28 bits per heavy atom. The summed E-state index contributed by atoms with van der Waals surface area (Å²) < 4.78 is 0. The van der Waals surface area contributed by atoms with Crippen molar-refractivity contribution in [3.8, 4) is 0 Å². The van der Waals surface area contributed by atoms with Gasteiger partial charge in [0.2, 0.25) is 5.91 Å². The fourth-order valence-corrected chi connectivity index (χ4v) is 2.77. The molecule has 1 aliphatic heterocycles. The number of nitrogens with zero attached hydrogens (tertiary/aromatic N) is 2. The van der Waals surface area contributed by atoms with Crippen LogP contribution in [0.2, 0.25) is 0 Å². The summed E-state index contributed by atoms with van der Waals surface area (Å²) in [4.78, 5) is 16.8. The Morgan fingerprint density at radius 1 is 1.33 bits per heavy atom. The molecule has 0 aromatic heterocycles. The lowest BCUT2D eigenvalue weighted by molar-refractivity contribution is -0.139. The SMILES string of the molecule is CC(C)NC(C)(C)C(=O)N(C)C1CCN(C)CC1. The number of likely N-dealkylation sites (N-methyl/N-ethyl adjacent to an activating group) is 1. The quantitative estimate of drug-likeness (QED) is 0.823. The van der Waals surface area contributed by atoms with E-state index in [-0.39, 0.29) is 5.91 Å². The van der Waals surface area contributed by atoms with E-state index in [4.69, 9.17) is 0 Å². The van der Waals surface area contributed by atoms with Crippen molar-refractivity contribution in [3.05, 3.63) is 0 Å². The van der Waals surface area contributed by atoms with Gasteiger partial charge in [-0.1, -0.05) is 0 Å². The number of rotatable bonds is 4. The van der Waals surface area contributed by atoms with Gasteiger partial charge in [0.05, 0.1) is 5.54 Å². The number of hydrogen-bond donors (Lipinski definition) is 1. The molecule has 1 rings (SSSR count). The van der Waals surface area contributed by atoms with Crippen LogP contribution >= 0.6 is 0 Å². The van der Waals surface area contributed by atoms with E-state index in [2.05, 4.69) is 31.1 Å². The first-order valence-corrected chi connectivity index (χ1v) is 6.97. The van der Waals surface area contributed by atoms with Crippen molar-refractivity contribution in [1.82, 2.24) is 15.1 Å². The van der Waals surface area contributed by atoms with Crippen LogP contribution in [0, 0.1) is 0 Å². The molecule has 1 fully saturated rings. The van der Waals surface area contributed by atoms with Crippen molar-refractivity contribution >= 4 is 5.91 Å². The topological polar surface area (TPSA) is 35.6 Å². The van der Waals surface area contributed by atoms with E-state index in [9.17, 15) is 4.79 Å². The molecule has 0 saturated carbocycles. The van der Waals surface area contributed by atoms with Crippen LogP contribution in [0.1, 0.15) is 40.5 Å². The van der Waals surface area contributed by atoms with Gasteiger partial charge in [-0.2, -0.15) is 0 Å². The molecule has 1 N–H and O–H groups in total. The minimum atomic E-state index is -0.480. The van der Waals surface area contributed by atoms with Gasteiger partial charge >= 0.3 is 0 Å². The number of likely N-dealkylation sites (tertiary alicyclic amines) is 1. The van der Waals surface area contributed by atoms with Crippen LogP contribution in [0.3, 0.4) is 0 Å². The van der Waals surface area contributed by atoms with Gasteiger partial charge in [0, 0.05) is 19.1 Å². The van der Waals surface area contributed by atoms with E-state index < -0.39 is 5.54 Å². The lowest BCUT2D eigenvalue weighted by Crippen LogP contribution is -2.58. The van der Waals surface area contributed by atoms with Gasteiger partial charge in [0.15, 0.2) is 0 Å².